The first kappa shape index (κ1) is 19.4. The molecule has 0 aliphatic carbocycles. The van der Waals surface area contributed by atoms with Crippen LogP contribution in [0.3, 0.4) is 0 Å². The van der Waals surface area contributed by atoms with E-state index in [4.69, 9.17) is 0 Å². The molecule has 1 aromatic heterocycles. The van der Waals surface area contributed by atoms with Crippen molar-refractivity contribution >= 4 is 28.9 Å². The van der Waals surface area contributed by atoms with Gasteiger partial charge >= 0.3 is 0 Å². The van der Waals surface area contributed by atoms with E-state index in [1.165, 1.54) is 6.08 Å². The van der Waals surface area contributed by atoms with Gasteiger partial charge in [0.25, 0.3) is 0 Å². The van der Waals surface area contributed by atoms with Crippen LogP contribution in [0.2, 0.25) is 0 Å². The SMILES string of the molecule is Cc1nc2ccccc2n1CCNC(=O)C(C)NC(=O)/C=C/c1ccccc1. The number of benzene rings is 2. The topological polar surface area (TPSA) is 76.0 Å². The third kappa shape index (κ3) is 4.85. The Balaban J connectivity index is 1.48. The fourth-order valence-corrected chi connectivity index (χ4v) is 2.99. The van der Waals surface area contributed by atoms with Crippen molar-refractivity contribution in [2.45, 2.75) is 26.4 Å². The molecule has 144 valence electrons. The van der Waals surface area contributed by atoms with Crippen molar-refractivity contribution in [3.8, 4) is 0 Å². The lowest BCUT2D eigenvalue weighted by atomic mass is 10.2. The maximum Gasteiger partial charge on any atom is 0.244 e. The van der Waals surface area contributed by atoms with Crippen LogP contribution < -0.4 is 10.6 Å². The lowest BCUT2D eigenvalue weighted by Gasteiger charge is -2.14. The molecule has 2 N–H and O–H groups in total. The summed E-state index contributed by atoms with van der Waals surface area (Å²) in [4.78, 5) is 28.8. The Morgan fingerprint density at radius 1 is 1.11 bits per heavy atom. The molecule has 28 heavy (non-hydrogen) atoms. The molecular weight excluding hydrogens is 352 g/mol. The van der Waals surface area contributed by atoms with E-state index in [1.54, 1.807) is 13.0 Å². The Morgan fingerprint density at radius 3 is 2.61 bits per heavy atom. The van der Waals surface area contributed by atoms with E-state index in [0.29, 0.717) is 13.1 Å². The van der Waals surface area contributed by atoms with Gasteiger partial charge in [-0.1, -0.05) is 42.5 Å². The Labute approximate surface area is 164 Å². The van der Waals surface area contributed by atoms with Crippen molar-refractivity contribution in [3.05, 3.63) is 72.1 Å². The van der Waals surface area contributed by atoms with E-state index >= 15 is 0 Å². The predicted molar refractivity (Wildman–Crippen MR) is 111 cm³/mol. The van der Waals surface area contributed by atoms with Gasteiger partial charge in [-0.3, -0.25) is 9.59 Å². The number of hydrogen-bond donors (Lipinski definition) is 2. The van der Waals surface area contributed by atoms with Gasteiger partial charge in [0.15, 0.2) is 0 Å². The molecule has 0 saturated heterocycles. The number of hydrogen-bond acceptors (Lipinski definition) is 3. The van der Waals surface area contributed by atoms with Crippen molar-refractivity contribution in [1.29, 1.82) is 0 Å². The molecule has 3 rings (SSSR count). The fraction of sp³-hybridized carbons (Fsp3) is 0.227. The van der Waals surface area contributed by atoms with Gasteiger partial charge in [-0.05, 0) is 37.6 Å². The van der Waals surface area contributed by atoms with Gasteiger partial charge in [0.2, 0.25) is 11.8 Å². The zero-order chi connectivity index (χ0) is 19.9. The van der Waals surface area contributed by atoms with Crippen molar-refractivity contribution in [3.63, 3.8) is 0 Å². The summed E-state index contributed by atoms with van der Waals surface area (Å²) >= 11 is 0. The Bertz CT molecular complexity index is 992. The summed E-state index contributed by atoms with van der Waals surface area (Å²) in [6.45, 7) is 4.69. The second kappa shape index (κ2) is 8.99. The van der Waals surface area contributed by atoms with Gasteiger partial charge in [0.1, 0.15) is 11.9 Å². The van der Waals surface area contributed by atoms with Crippen LogP contribution in [0.1, 0.15) is 18.3 Å². The van der Waals surface area contributed by atoms with Crippen LogP contribution in [0.15, 0.2) is 60.7 Å². The molecule has 0 aliphatic rings. The number of carbonyl (C=O) groups excluding carboxylic acids is 2. The molecule has 0 aliphatic heterocycles. The molecule has 6 heteroatoms. The maximum absolute atomic E-state index is 12.3. The van der Waals surface area contributed by atoms with E-state index in [9.17, 15) is 9.59 Å². The van der Waals surface area contributed by atoms with Crippen molar-refractivity contribution in [2.24, 2.45) is 0 Å². The van der Waals surface area contributed by atoms with E-state index in [-0.39, 0.29) is 11.8 Å². The highest BCUT2D eigenvalue weighted by Crippen LogP contribution is 2.14. The lowest BCUT2D eigenvalue weighted by Crippen LogP contribution is -2.45. The van der Waals surface area contributed by atoms with Crippen LogP contribution in [0.4, 0.5) is 0 Å². The van der Waals surface area contributed by atoms with E-state index in [1.807, 2.05) is 61.5 Å². The molecule has 0 bridgehead atoms. The molecule has 0 radical (unpaired) electrons. The normalized spacial score (nSPS) is 12.2. The van der Waals surface area contributed by atoms with Gasteiger partial charge in [-0.25, -0.2) is 4.98 Å². The molecule has 6 nitrogen and oxygen atoms in total. The van der Waals surface area contributed by atoms with Gasteiger partial charge in [-0.15, -0.1) is 0 Å². The third-order valence-corrected chi connectivity index (χ3v) is 4.46. The molecule has 0 fully saturated rings. The number of para-hydroxylation sites is 2. The molecule has 2 aromatic carbocycles. The quantitative estimate of drug-likeness (QED) is 0.623. The number of imidazole rings is 1. The average Bonchev–Trinajstić information content (AvgIpc) is 3.02. The van der Waals surface area contributed by atoms with Crippen LogP contribution in [-0.2, 0) is 16.1 Å². The second-order valence-corrected chi connectivity index (χ2v) is 6.56. The first-order chi connectivity index (χ1) is 13.5. The van der Waals surface area contributed by atoms with Gasteiger partial charge in [0.05, 0.1) is 11.0 Å². The molecule has 1 atom stereocenters. The third-order valence-electron chi connectivity index (χ3n) is 4.46. The van der Waals surface area contributed by atoms with Gasteiger partial charge in [0, 0.05) is 19.2 Å². The van der Waals surface area contributed by atoms with E-state index in [2.05, 4.69) is 20.2 Å². The van der Waals surface area contributed by atoms with Crippen LogP contribution in [0.5, 0.6) is 0 Å². The number of nitrogens with one attached hydrogen (secondary N) is 2. The fourth-order valence-electron chi connectivity index (χ4n) is 2.99. The van der Waals surface area contributed by atoms with E-state index < -0.39 is 6.04 Å². The van der Waals surface area contributed by atoms with Crippen molar-refractivity contribution < 1.29 is 9.59 Å². The number of aromatic nitrogens is 2. The van der Waals surface area contributed by atoms with E-state index in [0.717, 1.165) is 22.4 Å². The molecule has 1 heterocycles. The minimum Gasteiger partial charge on any atom is -0.353 e. The monoisotopic (exact) mass is 376 g/mol. The number of aryl methyl sites for hydroxylation is 1. The Hall–Kier alpha value is -3.41. The molecule has 0 spiro atoms. The predicted octanol–water partition coefficient (Wildman–Crippen LogP) is 2.68. The lowest BCUT2D eigenvalue weighted by molar-refractivity contribution is -0.126. The standard InChI is InChI=1S/C22H24N4O2/c1-16(24-21(27)13-12-18-8-4-3-5-9-18)22(28)23-14-15-26-17(2)25-19-10-6-7-11-20(19)26/h3-13,16H,14-15H2,1-2H3,(H,23,28)(H,24,27)/b13-12+. The van der Waals surface area contributed by atoms with Gasteiger partial charge in [-0.2, -0.15) is 0 Å². The number of fused-ring (bicyclic) bond motifs is 1. The molecule has 1 unspecified atom stereocenters. The van der Waals surface area contributed by atoms with Crippen LogP contribution in [0, 0.1) is 6.92 Å². The second-order valence-electron chi connectivity index (χ2n) is 6.56. The zero-order valence-corrected chi connectivity index (χ0v) is 16.1. The summed E-state index contributed by atoms with van der Waals surface area (Å²) < 4.78 is 2.07. The maximum atomic E-state index is 12.3. The summed E-state index contributed by atoms with van der Waals surface area (Å²) in [6, 6.07) is 16.8. The molecule has 0 saturated carbocycles. The summed E-state index contributed by atoms with van der Waals surface area (Å²) in [5.41, 5.74) is 2.91. The number of rotatable bonds is 7. The van der Waals surface area contributed by atoms with Crippen LogP contribution >= 0.6 is 0 Å². The Kier molecular flexibility index (Phi) is 6.22. The highest BCUT2D eigenvalue weighted by atomic mass is 16.2. The first-order valence-corrected chi connectivity index (χ1v) is 9.28. The summed E-state index contributed by atoms with van der Waals surface area (Å²) in [5, 5.41) is 5.54. The highest BCUT2D eigenvalue weighted by Gasteiger charge is 2.14. The highest BCUT2D eigenvalue weighted by molar-refractivity contribution is 5.95. The average molecular weight is 376 g/mol. The Morgan fingerprint density at radius 2 is 1.82 bits per heavy atom. The van der Waals surface area contributed by atoms with Gasteiger partial charge < -0.3 is 15.2 Å². The summed E-state index contributed by atoms with van der Waals surface area (Å²) in [7, 11) is 0. The minimum atomic E-state index is -0.617. The van der Waals surface area contributed by atoms with Crippen LogP contribution in [0.25, 0.3) is 17.1 Å². The number of nitrogens with zero attached hydrogens (tertiary/aromatic N) is 2. The van der Waals surface area contributed by atoms with Crippen molar-refractivity contribution in [2.75, 3.05) is 6.54 Å². The zero-order valence-electron chi connectivity index (χ0n) is 16.1. The van der Waals surface area contributed by atoms with Crippen LogP contribution in [-0.4, -0.2) is 34.0 Å². The largest absolute Gasteiger partial charge is 0.353 e. The summed E-state index contributed by atoms with van der Waals surface area (Å²) in [6.07, 6.45) is 3.15. The smallest absolute Gasteiger partial charge is 0.244 e. The van der Waals surface area contributed by atoms with Crippen molar-refractivity contribution in [1.82, 2.24) is 20.2 Å². The molecule has 3 aromatic rings. The summed E-state index contributed by atoms with van der Waals surface area (Å²) in [5.74, 6) is 0.384. The number of carbonyl (C=O) groups is 2. The molecular formula is C22H24N4O2. The molecule has 2 amide bonds. The minimum absolute atomic E-state index is 0.219. The first-order valence-electron chi connectivity index (χ1n) is 9.28. The number of amides is 2.